The maximum absolute atomic E-state index is 13.0. The van der Waals surface area contributed by atoms with Crippen LogP contribution in [-0.2, 0) is 4.74 Å². The second-order valence-corrected chi connectivity index (χ2v) is 5.56. The van der Waals surface area contributed by atoms with Crippen molar-refractivity contribution in [2.24, 2.45) is 0 Å². The van der Waals surface area contributed by atoms with Crippen molar-refractivity contribution in [3.8, 4) is 0 Å². The molecule has 0 N–H and O–H groups in total. The molecule has 1 nitrogen and oxygen atoms in total. The molecule has 1 aromatic rings. The Balaban J connectivity index is 2.41. The maximum atomic E-state index is 13.0. The Morgan fingerprint density at radius 3 is 2.50 bits per heavy atom. The summed E-state index contributed by atoms with van der Waals surface area (Å²) in [5.41, 5.74) is 0.777. The van der Waals surface area contributed by atoms with Crippen LogP contribution in [-0.4, -0.2) is 19.4 Å². The average Bonchev–Trinajstić information content (AvgIpc) is 2.26. The Labute approximate surface area is 119 Å². The van der Waals surface area contributed by atoms with E-state index < -0.39 is 12.8 Å². The van der Waals surface area contributed by atoms with Crippen molar-refractivity contribution in [1.29, 1.82) is 0 Å². The number of ether oxygens (including phenoxy) is 1. The van der Waals surface area contributed by atoms with Gasteiger partial charge in [0.05, 0.1) is 4.47 Å². The molecular weight excluding hydrogens is 384 g/mol. The van der Waals surface area contributed by atoms with Crippen LogP contribution in [0.1, 0.15) is 16.8 Å². The molecule has 1 rings (SSSR count). The van der Waals surface area contributed by atoms with Gasteiger partial charge in [0.2, 0.25) is 0 Å². The van der Waals surface area contributed by atoms with Gasteiger partial charge in [0.1, 0.15) is 12.4 Å². The smallest absolute Gasteiger partial charge is 0.372 e. The largest absolute Gasteiger partial charge is 0.411 e. The molecule has 0 amide bonds. The average molecular weight is 394 g/mol. The van der Waals surface area contributed by atoms with Gasteiger partial charge in [0.25, 0.3) is 0 Å². The van der Waals surface area contributed by atoms with E-state index in [2.05, 4.69) is 36.6 Å². The first-order valence-electron chi connectivity index (χ1n) is 5.03. The Kier molecular flexibility index (Phi) is 6.07. The lowest BCUT2D eigenvalue weighted by Crippen LogP contribution is -2.17. The number of rotatable bonds is 5. The van der Waals surface area contributed by atoms with E-state index in [-0.39, 0.29) is 17.3 Å². The van der Waals surface area contributed by atoms with E-state index in [0.717, 1.165) is 5.56 Å². The second kappa shape index (κ2) is 6.86. The van der Waals surface area contributed by atoms with E-state index in [0.29, 0.717) is 10.9 Å². The van der Waals surface area contributed by atoms with E-state index in [9.17, 15) is 17.6 Å². The second-order valence-electron chi connectivity index (χ2n) is 3.60. The van der Waals surface area contributed by atoms with Crippen LogP contribution in [0.2, 0.25) is 0 Å². The topological polar surface area (TPSA) is 9.23 Å². The molecule has 0 spiro atoms. The summed E-state index contributed by atoms with van der Waals surface area (Å²) in [4.78, 5) is -0.178. The van der Waals surface area contributed by atoms with Gasteiger partial charge in [0, 0.05) is 11.4 Å². The summed E-state index contributed by atoms with van der Waals surface area (Å²) < 4.78 is 53.3. The molecule has 0 fully saturated rings. The van der Waals surface area contributed by atoms with Crippen molar-refractivity contribution in [2.75, 3.05) is 13.2 Å². The van der Waals surface area contributed by atoms with Crippen molar-refractivity contribution in [2.45, 2.75) is 17.4 Å². The van der Waals surface area contributed by atoms with Crippen molar-refractivity contribution >= 4 is 31.9 Å². The highest BCUT2D eigenvalue weighted by Gasteiger charge is 2.27. The molecule has 0 aromatic heterocycles. The lowest BCUT2D eigenvalue weighted by Gasteiger charge is -2.12. The number of hydrogen-bond donors (Lipinski definition) is 0. The summed E-state index contributed by atoms with van der Waals surface area (Å²) >= 11 is 6.37. The molecule has 18 heavy (non-hydrogen) atoms. The van der Waals surface area contributed by atoms with Crippen molar-refractivity contribution in [1.82, 2.24) is 0 Å². The molecule has 0 aliphatic rings. The van der Waals surface area contributed by atoms with E-state index in [4.69, 9.17) is 0 Å². The summed E-state index contributed by atoms with van der Waals surface area (Å²) in [6.45, 7) is -1.27. The van der Waals surface area contributed by atoms with Crippen LogP contribution in [0.5, 0.6) is 0 Å². The van der Waals surface area contributed by atoms with Gasteiger partial charge >= 0.3 is 6.18 Å². The first-order chi connectivity index (χ1) is 8.29. The van der Waals surface area contributed by atoms with Gasteiger partial charge in [-0.2, -0.15) is 13.2 Å². The van der Waals surface area contributed by atoms with E-state index in [1.54, 1.807) is 12.1 Å². The standard InChI is InChI=1S/C11H10Br2F4O/c12-8(3-4-18-6-11(15,16)17)7-1-2-10(14)9(13)5-7/h1-2,5,8H,3-4,6H2. The Morgan fingerprint density at radius 1 is 1.28 bits per heavy atom. The van der Waals surface area contributed by atoms with Crippen LogP contribution in [0.25, 0.3) is 0 Å². The third-order valence-electron chi connectivity index (χ3n) is 2.09. The van der Waals surface area contributed by atoms with Gasteiger partial charge in [-0.3, -0.25) is 0 Å². The fraction of sp³-hybridized carbons (Fsp3) is 0.455. The van der Waals surface area contributed by atoms with Crippen LogP contribution in [0.4, 0.5) is 17.6 Å². The molecule has 0 aliphatic carbocycles. The van der Waals surface area contributed by atoms with E-state index in [1.165, 1.54) is 6.07 Å². The third kappa shape index (κ3) is 5.67. The van der Waals surface area contributed by atoms with Crippen molar-refractivity contribution in [3.63, 3.8) is 0 Å². The third-order valence-corrected chi connectivity index (χ3v) is 3.68. The highest BCUT2D eigenvalue weighted by atomic mass is 79.9. The van der Waals surface area contributed by atoms with Gasteiger partial charge in [-0.15, -0.1) is 0 Å². The Morgan fingerprint density at radius 2 is 1.94 bits per heavy atom. The molecule has 0 heterocycles. The van der Waals surface area contributed by atoms with Gasteiger partial charge in [-0.1, -0.05) is 22.0 Å². The summed E-state index contributed by atoms with van der Waals surface area (Å²) in [5, 5.41) is 0. The molecule has 0 saturated carbocycles. The summed E-state index contributed by atoms with van der Waals surface area (Å²) in [6, 6.07) is 4.45. The van der Waals surface area contributed by atoms with Gasteiger partial charge in [-0.25, -0.2) is 4.39 Å². The number of hydrogen-bond acceptors (Lipinski definition) is 1. The molecule has 1 unspecified atom stereocenters. The zero-order valence-electron chi connectivity index (χ0n) is 9.11. The normalized spacial score (nSPS) is 13.7. The summed E-state index contributed by atoms with van der Waals surface area (Å²) in [7, 11) is 0. The van der Waals surface area contributed by atoms with E-state index in [1.807, 2.05) is 0 Å². The molecular formula is C11H10Br2F4O. The molecule has 0 aliphatic heterocycles. The fourth-order valence-corrected chi connectivity index (χ4v) is 2.12. The van der Waals surface area contributed by atoms with E-state index >= 15 is 0 Å². The van der Waals surface area contributed by atoms with Crippen molar-refractivity contribution in [3.05, 3.63) is 34.1 Å². The van der Waals surface area contributed by atoms with Crippen LogP contribution in [0.15, 0.2) is 22.7 Å². The highest BCUT2D eigenvalue weighted by Crippen LogP contribution is 2.29. The number of halogens is 6. The lowest BCUT2D eigenvalue weighted by molar-refractivity contribution is -0.174. The number of alkyl halides is 4. The molecule has 7 heteroatoms. The van der Waals surface area contributed by atoms with Gasteiger partial charge in [-0.05, 0) is 40.0 Å². The molecule has 0 radical (unpaired) electrons. The summed E-state index contributed by atoms with van der Waals surface area (Å²) in [5.74, 6) is -0.383. The molecule has 1 atom stereocenters. The van der Waals surface area contributed by atoms with Crippen molar-refractivity contribution < 1.29 is 22.3 Å². The van der Waals surface area contributed by atoms with Gasteiger partial charge in [0.15, 0.2) is 0 Å². The van der Waals surface area contributed by atoms with Crippen LogP contribution < -0.4 is 0 Å². The molecule has 1 aromatic carbocycles. The number of benzene rings is 1. The maximum Gasteiger partial charge on any atom is 0.411 e. The quantitative estimate of drug-likeness (QED) is 0.389. The van der Waals surface area contributed by atoms with Crippen LogP contribution >= 0.6 is 31.9 Å². The van der Waals surface area contributed by atoms with Gasteiger partial charge < -0.3 is 4.74 Å². The minimum Gasteiger partial charge on any atom is -0.372 e. The monoisotopic (exact) mass is 392 g/mol. The molecule has 0 bridgehead atoms. The molecule has 102 valence electrons. The molecule has 0 saturated heterocycles. The zero-order valence-corrected chi connectivity index (χ0v) is 12.3. The fourth-order valence-electron chi connectivity index (χ4n) is 1.25. The summed E-state index contributed by atoms with van der Waals surface area (Å²) in [6.07, 6.45) is -3.94. The SMILES string of the molecule is Fc1ccc(C(Br)CCOCC(F)(F)F)cc1Br. The lowest BCUT2D eigenvalue weighted by atomic mass is 10.1. The highest BCUT2D eigenvalue weighted by molar-refractivity contribution is 9.10. The van der Waals surface area contributed by atoms with Crippen LogP contribution in [0, 0.1) is 5.82 Å². The predicted octanol–water partition coefficient (Wildman–Crippen LogP) is 4.99. The predicted molar refractivity (Wildman–Crippen MR) is 67.3 cm³/mol. The van der Waals surface area contributed by atoms with Crippen LogP contribution in [0.3, 0.4) is 0 Å². The minimum atomic E-state index is -4.30. The Bertz CT molecular complexity index is 395. The first-order valence-corrected chi connectivity index (χ1v) is 6.74. The first kappa shape index (κ1) is 15.9. The zero-order chi connectivity index (χ0) is 13.8. The minimum absolute atomic E-state index is 0.0234. The Hall–Kier alpha value is -0.140.